The summed E-state index contributed by atoms with van der Waals surface area (Å²) in [6, 6.07) is 3.98. The number of hydrogen-bond donors (Lipinski definition) is 1. The molecule has 120 valence electrons. The van der Waals surface area contributed by atoms with Gasteiger partial charge in [-0.1, -0.05) is 6.92 Å². The van der Waals surface area contributed by atoms with Crippen LogP contribution in [0.25, 0.3) is 0 Å². The molecule has 0 aromatic carbocycles. The molecule has 0 aliphatic carbocycles. The number of nitrogens with one attached hydrogen (secondary N) is 1. The molecule has 0 spiro atoms. The predicted molar refractivity (Wildman–Crippen MR) is 85.3 cm³/mol. The van der Waals surface area contributed by atoms with Crippen LogP contribution < -0.4 is 5.32 Å². The Kier molecular flexibility index (Phi) is 5.85. The Bertz CT molecular complexity index is 397. The summed E-state index contributed by atoms with van der Waals surface area (Å²) in [5, 5.41) is 3.53. The molecule has 1 fully saturated rings. The maximum Gasteiger partial charge on any atom is 0.117 e. The van der Waals surface area contributed by atoms with E-state index in [0.717, 1.165) is 44.8 Å². The molecule has 1 aliphatic heterocycles. The quantitative estimate of drug-likeness (QED) is 0.839. The lowest BCUT2D eigenvalue weighted by Gasteiger charge is -2.25. The highest BCUT2D eigenvalue weighted by Gasteiger charge is 2.27. The number of nitrogens with zero attached hydrogens (tertiary/aromatic N) is 1. The van der Waals surface area contributed by atoms with Crippen molar-refractivity contribution in [3.05, 3.63) is 24.2 Å². The normalized spacial score (nSPS) is 23.1. The Labute approximate surface area is 128 Å². The zero-order valence-electron chi connectivity index (χ0n) is 13.9. The van der Waals surface area contributed by atoms with E-state index in [0.29, 0.717) is 12.2 Å². The topological polar surface area (TPSA) is 37.6 Å². The van der Waals surface area contributed by atoms with Crippen LogP contribution in [-0.4, -0.2) is 42.3 Å². The second-order valence-corrected chi connectivity index (χ2v) is 7.00. The first-order valence-corrected chi connectivity index (χ1v) is 8.11. The van der Waals surface area contributed by atoms with Crippen LogP contribution in [0.5, 0.6) is 0 Å². The first kappa shape index (κ1) is 16.5. The monoisotopic (exact) mass is 294 g/mol. The van der Waals surface area contributed by atoms with Crippen LogP contribution in [0.3, 0.4) is 0 Å². The van der Waals surface area contributed by atoms with Crippen molar-refractivity contribution >= 4 is 0 Å². The molecule has 21 heavy (non-hydrogen) atoms. The van der Waals surface area contributed by atoms with Gasteiger partial charge < -0.3 is 14.5 Å². The Morgan fingerprint density at radius 3 is 2.67 bits per heavy atom. The van der Waals surface area contributed by atoms with Crippen LogP contribution >= 0.6 is 0 Å². The average molecular weight is 294 g/mol. The van der Waals surface area contributed by atoms with E-state index in [2.05, 4.69) is 37.9 Å². The van der Waals surface area contributed by atoms with Crippen molar-refractivity contribution in [2.45, 2.75) is 64.8 Å². The molecule has 2 unspecified atom stereocenters. The van der Waals surface area contributed by atoms with Crippen molar-refractivity contribution in [2.24, 2.45) is 0 Å². The molecule has 0 radical (unpaired) electrons. The summed E-state index contributed by atoms with van der Waals surface area (Å²) >= 11 is 0. The number of hydrogen-bond acceptors (Lipinski definition) is 4. The molecule has 1 saturated heterocycles. The molecule has 0 saturated carbocycles. The first-order valence-electron chi connectivity index (χ1n) is 8.11. The van der Waals surface area contributed by atoms with Crippen LogP contribution in [0.2, 0.25) is 0 Å². The SMILES string of the molecule is CCN(Cc1ccco1)CC1CCC(CNC(C)(C)C)O1. The summed E-state index contributed by atoms with van der Waals surface area (Å²) in [6.45, 7) is 12.6. The summed E-state index contributed by atoms with van der Waals surface area (Å²) in [5.41, 5.74) is 0.163. The van der Waals surface area contributed by atoms with Gasteiger partial charge in [-0.2, -0.15) is 0 Å². The van der Waals surface area contributed by atoms with Crippen molar-refractivity contribution < 1.29 is 9.15 Å². The fourth-order valence-electron chi connectivity index (χ4n) is 2.70. The fourth-order valence-corrected chi connectivity index (χ4v) is 2.70. The summed E-state index contributed by atoms with van der Waals surface area (Å²) < 4.78 is 11.6. The van der Waals surface area contributed by atoms with Gasteiger partial charge in [0.2, 0.25) is 0 Å². The third-order valence-corrected chi connectivity index (χ3v) is 3.92. The van der Waals surface area contributed by atoms with Crippen LogP contribution in [0.15, 0.2) is 22.8 Å². The molecule has 1 aromatic heterocycles. The smallest absolute Gasteiger partial charge is 0.117 e. The number of rotatable bonds is 7. The highest BCUT2D eigenvalue weighted by molar-refractivity contribution is 4.98. The van der Waals surface area contributed by atoms with Gasteiger partial charge in [0.15, 0.2) is 0 Å². The van der Waals surface area contributed by atoms with E-state index < -0.39 is 0 Å². The standard InChI is InChI=1S/C17H30N2O2/c1-5-19(12-15-7-6-10-20-15)13-16-9-8-14(21-16)11-18-17(2,3)4/h6-7,10,14,16,18H,5,8-9,11-13H2,1-4H3. The molecule has 2 rings (SSSR count). The van der Waals surface area contributed by atoms with E-state index in [1.54, 1.807) is 6.26 Å². The molecule has 2 heterocycles. The summed E-state index contributed by atoms with van der Waals surface area (Å²) in [4.78, 5) is 2.39. The number of ether oxygens (including phenoxy) is 1. The van der Waals surface area contributed by atoms with Crippen molar-refractivity contribution in [1.29, 1.82) is 0 Å². The Morgan fingerprint density at radius 2 is 2.05 bits per heavy atom. The Hall–Kier alpha value is -0.840. The van der Waals surface area contributed by atoms with Gasteiger partial charge in [0, 0.05) is 18.6 Å². The molecule has 4 nitrogen and oxygen atoms in total. The van der Waals surface area contributed by atoms with E-state index in [9.17, 15) is 0 Å². The van der Waals surface area contributed by atoms with Crippen molar-refractivity contribution in [1.82, 2.24) is 10.2 Å². The molecular formula is C17H30N2O2. The second kappa shape index (κ2) is 7.43. The summed E-state index contributed by atoms with van der Waals surface area (Å²) in [6.07, 6.45) is 4.77. The van der Waals surface area contributed by atoms with E-state index in [1.165, 1.54) is 0 Å². The molecular weight excluding hydrogens is 264 g/mol. The van der Waals surface area contributed by atoms with Crippen LogP contribution in [0.4, 0.5) is 0 Å². The van der Waals surface area contributed by atoms with Crippen molar-refractivity contribution in [3.63, 3.8) is 0 Å². The summed E-state index contributed by atoms with van der Waals surface area (Å²) in [5.74, 6) is 1.03. The van der Waals surface area contributed by atoms with Crippen molar-refractivity contribution in [2.75, 3.05) is 19.6 Å². The summed E-state index contributed by atoms with van der Waals surface area (Å²) in [7, 11) is 0. The minimum absolute atomic E-state index is 0.163. The van der Waals surface area contributed by atoms with Crippen LogP contribution in [0.1, 0.15) is 46.3 Å². The maximum atomic E-state index is 6.17. The predicted octanol–water partition coefficient (Wildman–Crippen LogP) is 3.04. The van der Waals surface area contributed by atoms with E-state index >= 15 is 0 Å². The highest BCUT2D eigenvalue weighted by atomic mass is 16.5. The largest absolute Gasteiger partial charge is 0.468 e. The fraction of sp³-hybridized carbons (Fsp3) is 0.765. The zero-order chi connectivity index (χ0) is 15.3. The molecule has 0 amide bonds. The third-order valence-electron chi connectivity index (χ3n) is 3.92. The van der Waals surface area contributed by atoms with Gasteiger partial charge in [-0.25, -0.2) is 0 Å². The van der Waals surface area contributed by atoms with Gasteiger partial charge in [-0.15, -0.1) is 0 Å². The van der Waals surface area contributed by atoms with Gasteiger partial charge in [0.05, 0.1) is 25.0 Å². The van der Waals surface area contributed by atoms with Gasteiger partial charge in [0.25, 0.3) is 0 Å². The Balaban J connectivity index is 1.73. The second-order valence-electron chi connectivity index (χ2n) is 7.00. The van der Waals surface area contributed by atoms with Gasteiger partial charge >= 0.3 is 0 Å². The molecule has 1 aromatic rings. The Morgan fingerprint density at radius 1 is 1.29 bits per heavy atom. The van der Waals surface area contributed by atoms with Crippen LogP contribution in [0, 0.1) is 0 Å². The lowest BCUT2D eigenvalue weighted by Crippen LogP contribution is -2.41. The van der Waals surface area contributed by atoms with Crippen molar-refractivity contribution in [3.8, 4) is 0 Å². The average Bonchev–Trinajstić information content (AvgIpc) is 3.06. The molecule has 1 N–H and O–H groups in total. The molecule has 1 aliphatic rings. The minimum atomic E-state index is 0.163. The number of furan rings is 1. The van der Waals surface area contributed by atoms with E-state index in [4.69, 9.17) is 9.15 Å². The van der Waals surface area contributed by atoms with Gasteiger partial charge in [0.1, 0.15) is 5.76 Å². The lowest BCUT2D eigenvalue weighted by molar-refractivity contribution is 0.0193. The van der Waals surface area contributed by atoms with Gasteiger partial charge in [-0.05, 0) is 52.3 Å². The molecule has 4 heteroatoms. The maximum absolute atomic E-state index is 6.17. The number of likely N-dealkylation sites (N-methyl/N-ethyl adjacent to an activating group) is 1. The van der Waals surface area contributed by atoms with Gasteiger partial charge in [-0.3, -0.25) is 4.90 Å². The zero-order valence-corrected chi connectivity index (χ0v) is 13.9. The van der Waals surface area contributed by atoms with E-state index in [1.807, 2.05) is 12.1 Å². The molecule has 0 bridgehead atoms. The third kappa shape index (κ3) is 5.81. The molecule has 2 atom stereocenters. The first-order chi connectivity index (χ1) is 9.96. The van der Waals surface area contributed by atoms with E-state index in [-0.39, 0.29) is 5.54 Å². The minimum Gasteiger partial charge on any atom is -0.468 e. The lowest BCUT2D eigenvalue weighted by atomic mass is 10.1. The highest BCUT2D eigenvalue weighted by Crippen LogP contribution is 2.21. The van der Waals surface area contributed by atoms with Crippen LogP contribution in [-0.2, 0) is 11.3 Å².